The molecular weight excluding hydrogens is 354 g/mol. The molecule has 1 aromatic carbocycles. The van der Waals surface area contributed by atoms with Gasteiger partial charge in [-0.05, 0) is 52.3 Å². The van der Waals surface area contributed by atoms with Gasteiger partial charge in [0.1, 0.15) is 0 Å². The lowest BCUT2D eigenvalue weighted by Gasteiger charge is -2.27. The van der Waals surface area contributed by atoms with Crippen molar-refractivity contribution < 1.29 is 23.3 Å². The first kappa shape index (κ1) is 20.8. The number of ether oxygens (including phenoxy) is 1. The summed E-state index contributed by atoms with van der Waals surface area (Å²) in [7, 11) is -3.61. The minimum Gasteiger partial charge on any atom is -0.379 e. The van der Waals surface area contributed by atoms with Gasteiger partial charge in [0.25, 0.3) is 5.91 Å². The third kappa shape index (κ3) is 5.26. The van der Waals surface area contributed by atoms with Crippen LogP contribution in [0.4, 0.5) is 5.69 Å². The smallest absolute Gasteiger partial charge is 0.282 e. The summed E-state index contributed by atoms with van der Waals surface area (Å²) < 4.78 is 32.5. The van der Waals surface area contributed by atoms with Crippen LogP contribution in [0.25, 0.3) is 0 Å². The Morgan fingerprint density at radius 2 is 1.88 bits per heavy atom. The molecule has 1 aliphatic heterocycles. The van der Waals surface area contributed by atoms with Gasteiger partial charge in [0.2, 0.25) is 10.0 Å². The lowest BCUT2D eigenvalue weighted by atomic mass is 10.1. The average molecular weight is 385 g/mol. The highest BCUT2D eigenvalue weighted by atomic mass is 32.2. The number of hydrogen-bond donors (Lipinski definition) is 2. The Morgan fingerprint density at radius 3 is 2.46 bits per heavy atom. The summed E-state index contributed by atoms with van der Waals surface area (Å²) >= 11 is 0. The number of nitrogens with two attached hydrogens (primary N) is 1. The van der Waals surface area contributed by atoms with Gasteiger partial charge in [-0.3, -0.25) is 4.79 Å². The number of hydrogen-bond acceptors (Lipinski definition) is 4. The number of quaternary nitrogens is 1. The Hall–Kier alpha value is -1.48. The van der Waals surface area contributed by atoms with Gasteiger partial charge in [-0.2, -0.15) is 4.31 Å². The Labute approximate surface area is 156 Å². The molecule has 1 amide bonds. The lowest BCUT2D eigenvalue weighted by molar-refractivity contribution is -0.733. The number of sulfonamides is 1. The normalized spacial score (nSPS) is 17.7. The lowest BCUT2D eigenvalue weighted by Crippen LogP contribution is -3.00. The molecular formula is C18H30N3O4S+. The van der Waals surface area contributed by atoms with Crippen LogP contribution in [0.2, 0.25) is 0 Å². The summed E-state index contributed by atoms with van der Waals surface area (Å²) in [5.74, 6) is -0.154. The molecule has 3 N–H and O–H groups in total. The molecule has 1 fully saturated rings. The molecule has 0 radical (unpaired) electrons. The van der Waals surface area contributed by atoms with E-state index in [2.05, 4.69) is 5.32 Å². The molecule has 2 rings (SSSR count). The maximum absolute atomic E-state index is 12.9. The zero-order valence-corrected chi connectivity index (χ0v) is 17.0. The van der Waals surface area contributed by atoms with E-state index in [9.17, 15) is 13.2 Å². The SMILES string of the molecule is Cc1ccc(NC(=O)[C@H](C)[NH2+]C(C)(C)C)cc1S(=O)(=O)N1CCOCC1. The van der Waals surface area contributed by atoms with Crippen molar-refractivity contribution in [2.45, 2.75) is 51.1 Å². The van der Waals surface area contributed by atoms with Crippen LogP contribution in [-0.2, 0) is 19.6 Å². The number of carbonyl (C=O) groups excluding carboxylic acids is 1. The van der Waals surface area contributed by atoms with E-state index in [1.807, 2.05) is 33.0 Å². The molecule has 146 valence electrons. The van der Waals surface area contributed by atoms with Crippen molar-refractivity contribution in [3.05, 3.63) is 23.8 Å². The predicted octanol–water partition coefficient (Wildman–Crippen LogP) is 0.705. The summed E-state index contributed by atoms with van der Waals surface area (Å²) in [6, 6.07) is 4.72. The third-order valence-corrected chi connectivity index (χ3v) is 6.25. The van der Waals surface area contributed by atoms with Gasteiger partial charge in [0.05, 0.1) is 23.6 Å². The van der Waals surface area contributed by atoms with Gasteiger partial charge in [0, 0.05) is 18.8 Å². The molecule has 0 unspecified atom stereocenters. The molecule has 7 nitrogen and oxygen atoms in total. The number of anilines is 1. The summed E-state index contributed by atoms with van der Waals surface area (Å²) in [6.07, 6.45) is 0. The zero-order chi connectivity index (χ0) is 19.5. The van der Waals surface area contributed by atoms with Gasteiger partial charge in [-0.15, -0.1) is 0 Å². The second-order valence-electron chi connectivity index (χ2n) is 7.81. The highest BCUT2D eigenvalue weighted by Gasteiger charge is 2.29. The van der Waals surface area contributed by atoms with Gasteiger partial charge >= 0.3 is 0 Å². The number of carbonyl (C=O) groups is 1. The summed E-state index contributed by atoms with van der Waals surface area (Å²) in [6.45, 7) is 11.2. The Morgan fingerprint density at radius 1 is 1.27 bits per heavy atom. The molecule has 1 atom stereocenters. The fourth-order valence-electron chi connectivity index (χ4n) is 2.96. The molecule has 26 heavy (non-hydrogen) atoms. The highest BCUT2D eigenvalue weighted by Crippen LogP contribution is 2.24. The van der Waals surface area contributed by atoms with E-state index in [1.165, 1.54) is 4.31 Å². The van der Waals surface area contributed by atoms with Crippen LogP contribution in [0.5, 0.6) is 0 Å². The maximum Gasteiger partial charge on any atom is 0.282 e. The number of nitrogens with one attached hydrogen (secondary N) is 1. The summed E-state index contributed by atoms with van der Waals surface area (Å²) in [5, 5.41) is 4.80. The Bertz CT molecular complexity index is 750. The maximum atomic E-state index is 12.9. The van der Waals surface area contributed by atoms with Crippen LogP contribution in [0.3, 0.4) is 0 Å². The molecule has 1 heterocycles. The van der Waals surface area contributed by atoms with Crippen molar-refractivity contribution in [3.63, 3.8) is 0 Å². The molecule has 0 aliphatic carbocycles. The molecule has 0 bridgehead atoms. The number of morpholine rings is 1. The Kier molecular flexibility index (Phi) is 6.44. The average Bonchev–Trinajstić information content (AvgIpc) is 2.55. The number of benzene rings is 1. The van der Waals surface area contributed by atoms with Crippen molar-refractivity contribution in [2.75, 3.05) is 31.6 Å². The fourth-order valence-corrected chi connectivity index (χ4v) is 4.62. The molecule has 0 spiro atoms. The van der Waals surface area contributed by atoms with Crippen LogP contribution in [0.15, 0.2) is 23.1 Å². The highest BCUT2D eigenvalue weighted by molar-refractivity contribution is 7.89. The van der Waals surface area contributed by atoms with E-state index in [0.717, 1.165) is 0 Å². The molecule has 0 saturated carbocycles. The van der Waals surface area contributed by atoms with E-state index in [1.54, 1.807) is 25.1 Å². The van der Waals surface area contributed by atoms with Crippen LogP contribution in [0, 0.1) is 6.92 Å². The van der Waals surface area contributed by atoms with E-state index in [4.69, 9.17) is 4.74 Å². The van der Waals surface area contributed by atoms with E-state index in [0.29, 0.717) is 37.6 Å². The van der Waals surface area contributed by atoms with Crippen LogP contribution in [0.1, 0.15) is 33.3 Å². The topological polar surface area (TPSA) is 92.3 Å². The van der Waals surface area contributed by atoms with Crippen molar-refractivity contribution in [3.8, 4) is 0 Å². The molecule has 1 aliphatic rings. The first-order valence-corrected chi connectivity index (χ1v) is 10.3. The first-order chi connectivity index (χ1) is 12.0. The number of amides is 1. The van der Waals surface area contributed by atoms with Crippen molar-refractivity contribution in [2.24, 2.45) is 0 Å². The quantitative estimate of drug-likeness (QED) is 0.782. The van der Waals surface area contributed by atoms with E-state index >= 15 is 0 Å². The van der Waals surface area contributed by atoms with Gasteiger partial charge in [-0.1, -0.05) is 6.07 Å². The van der Waals surface area contributed by atoms with E-state index in [-0.39, 0.29) is 22.4 Å². The second-order valence-corrected chi connectivity index (χ2v) is 9.71. The van der Waals surface area contributed by atoms with Crippen LogP contribution in [-0.4, -0.2) is 56.5 Å². The van der Waals surface area contributed by atoms with Gasteiger partial charge < -0.3 is 15.4 Å². The van der Waals surface area contributed by atoms with Crippen LogP contribution < -0.4 is 10.6 Å². The monoisotopic (exact) mass is 384 g/mol. The van der Waals surface area contributed by atoms with E-state index < -0.39 is 10.0 Å². The molecule has 1 aromatic rings. The third-order valence-electron chi connectivity index (χ3n) is 4.21. The fraction of sp³-hybridized carbons (Fsp3) is 0.611. The number of aryl methyl sites for hydroxylation is 1. The van der Waals surface area contributed by atoms with Gasteiger partial charge in [0.15, 0.2) is 6.04 Å². The summed E-state index contributed by atoms with van der Waals surface area (Å²) in [5.41, 5.74) is 1.07. The Balaban J connectivity index is 2.20. The predicted molar refractivity (Wildman–Crippen MR) is 101 cm³/mol. The summed E-state index contributed by atoms with van der Waals surface area (Å²) in [4.78, 5) is 12.6. The molecule has 0 aromatic heterocycles. The minimum atomic E-state index is -3.61. The molecule has 1 saturated heterocycles. The number of rotatable bonds is 5. The van der Waals surface area contributed by atoms with Crippen LogP contribution >= 0.6 is 0 Å². The van der Waals surface area contributed by atoms with Crippen molar-refractivity contribution >= 4 is 21.6 Å². The number of nitrogens with zero attached hydrogens (tertiary/aromatic N) is 1. The zero-order valence-electron chi connectivity index (χ0n) is 16.2. The van der Waals surface area contributed by atoms with Crippen molar-refractivity contribution in [1.82, 2.24) is 4.31 Å². The first-order valence-electron chi connectivity index (χ1n) is 8.86. The molecule has 8 heteroatoms. The van der Waals surface area contributed by atoms with Gasteiger partial charge in [-0.25, -0.2) is 8.42 Å². The minimum absolute atomic E-state index is 0.0745. The van der Waals surface area contributed by atoms with Crippen molar-refractivity contribution in [1.29, 1.82) is 0 Å². The second kappa shape index (κ2) is 8.04. The largest absolute Gasteiger partial charge is 0.379 e. The standard InChI is InChI=1S/C18H29N3O4S/c1-13-6-7-15(19-17(22)14(2)20-18(3,4)5)12-16(13)26(23,24)21-8-10-25-11-9-21/h6-7,12,14,20H,8-11H2,1-5H3,(H,19,22)/p+1/t14-/m0/s1.